The van der Waals surface area contributed by atoms with Crippen LogP contribution in [0, 0.1) is 0 Å². The lowest BCUT2D eigenvalue weighted by atomic mass is 10.2. The highest BCUT2D eigenvalue weighted by molar-refractivity contribution is 5.71. The molecule has 126 valence electrons. The topological polar surface area (TPSA) is 32.8 Å². The first-order chi connectivity index (χ1) is 11.8. The Bertz CT molecular complexity index is 645. The average molecular weight is 324 g/mol. The third-order valence-electron chi connectivity index (χ3n) is 4.46. The van der Waals surface area contributed by atoms with Crippen molar-refractivity contribution in [3.63, 3.8) is 0 Å². The van der Waals surface area contributed by atoms with E-state index in [0.717, 1.165) is 26.1 Å². The molecule has 1 fully saturated rings. The Balaban J connectivity index is 1.57. The molecule has 1 amide bonds. The summed E-state index contributed by atoms with van der Waals surface area (Å²) in [4.78, 5) is 16.7. The van der Waals surface area contributed by atoms with Crippen LogP contribution in [0.4, 0.5) is 4.79 Å². The molecule has 3 rings (SSSR count). The summed E-state index contributed by atoms with van der Waals surface area (Å²) >= 11 is 0. The lowest BCUT2D eigenvalue weighted by molar-refractivity contribution is 0.134. The van der Waals surface area contributed by atoms with Crippen LogP contribution in [-0.2, 0) is 6.54 Å². The van der Waals surface area contributed by atoms with Gasteiger partial charge in [-0.25, -0.2) is 4.79 Å². The Hall–Kier alpha value is -2.33. The quantitative estimate of drug-likeness (QED) is 0.839. The minimum atomic E-state index is -0.254. The maximum Gasteiger partial charge on any atom is 0.415 e. The third kappa shape index (κ3) is 4.15. The highest BCUT2D eigenvalue weighted by atomic mass is 16.6. The van der Waals surface area contributed by atoms with E-state index in [4.69, 9.17) is 4.74 Å². The summed E-state index contributed by atoms with van der Waals surface area (Å²) < 4.78 is 5.50. The Kier molecular flexibility index (Phi) is 5.49. The highest BCUT2D eigenvalue weighted by Gasteiger charge is 2.30. The van der Waals surface area contributed by atoms with Crippen LogP contribution in [0.5, 0.6) is 5.75 Å². The summed E-state index contributed by atoms with van der Waals surface area (Å²) in [6.45, 7) is 5.51. The molecule has 0 radical (unpaired) electrons. The maximum absolute atomic E-state index is 12.5. The van der Waals surface area contributed by atoms with Crippen LogP contribution in [-0.4, -0.2) is 41.6 Å². The van der Waals surface area contributed by atoms with Crippen molar-refractivity contribution < 1.29 is 9.53 Å². The molecular formula is C20H24N2O2. The molecule has 1 atom stereocenters. The molecule has 0 saturated carbocycles. The molecule has 2 aromatic carbocycles. The first kappa shape index (κ1) is 16.5. The lowest BCUT2D eigenvalue weighted by Crippen LogP contribution is -2.43. The van der Waals surface area contributed by atoms with Crippen molar-refractivity contribution in [2.45, 2.75) is 25.9 Å². The summed E-state index contributed by atoms with van der Waals surface area (Å²) in [6, 6.07) is 20.0. The van der Waals surface area contributed by atoms with Gasteiger partial charge in [0, 0.05) is 32.2 Å². The zero-order chi connectivity index (χ0) is 16.8. The maximum atomic E-state index is 12.5. The lowest BCUT2D eigenvalue weighted by Gasteiger charge is -2.27. The summed E-state index contributed by atoms with van der Waals surface area (Å²) in [5.41, 5.74) is 1.31. The van der Waals surface area contributed by atoms with E-state index < -0.39 is 0 Å². The number of hydrogen-bond donors (Lipinski definition) is 0. The van der Waals surface area contributed by atoms with Gasteiger partial charge in [0.25, 0.3) is 0 Å². The van der Waals surface area contributed by atoms with E-state index in [1.807, 2.05) is 48.2 Å². The van der Waals surface area contributed by atoms with Gasteiger partial charge < -0.3 is 9.64 Å². The van der Waals surface area contributed by atoms with Crippen LogP contribution in [0.3, 0.4) is 0 Å². The summed E-state index contributed by atoms with van der Waals surface area (Å²) in [5, 5.41) is 0. The van der Waals surface area contributed by atoms with Crippen molar-refractivity contribution in [2.24, 2.45) is 0 Å². The SMILES string of the molecule is CCN(C(=O)Oc1ccccc1)C1CCN(Cc2ccccc2)C1. The first-order valence-electron chi connectivity index (χ1n) is 8.56. The normalized spacial score (nSPS) is 17.6. The molecule has 1 heterocycles. The van der Waals surface area contributed by atoms with Crippen LogP contribution < -0.4 is 4.74 Å². The van der Waals surface area contributed by atoms with E-state index in [1.165, 1.54) is 5.56 Å². The van der Waals surface area contributed by atoms with E-state index in [1.54, 1.807) is 0 Å². The molecule has 4 heteroatoms. The number of benzene rings is 2. The molecule has 1 unspecified atom stereocenters. The van der Waals surface area contributed by atoms with E-state index >= 15 is 0 Å². The van der Waals surface area contributed by atoms with E-state index in [0.29, 0.717) is 12.3 Å². The number of carbonyl (C=O) groups is 1. The van der Waals surface area contributed by atoms with Gasteiger partial charge in [-0.1, -0.05) is 48.5 Å². The van der Waals surface area contributed by atoms with Gasteiger partial charge in [0.15, 0.2) is 0 Å². The number of rotatable bonds is 5. The number of carbonyl (C=O) groups excluding carboxylic acids is 1. The molecule has 1 aliphatic rings. The number of likely N-dealkylation sites (N-methyl/N-ethyl adjacent to an activating group) is 1. The second-order valence-electron chi connectivity index (χ2n) is 6.13. The summed E-state index contributed by atoms with van der Waals surface area (Å²) in [6.07, 6.45) is 0.736. The molecular weight excluding hydrogens is 300 g/mol. The number of likely N-dealkylation sites (tertiary alicyclic amines) is 1. The fourth-order valence-electron chi connectivity index (χ4n) is 3.24. The van der Waals surface area contributed by atoms with Gasteiger partial charge in [0.05, 0.1) is 0 Å². The van der Waals surface area contributed by atoms with Crippen molar-refractivity contribution in [3.05, 3.63) is 66.2 Å². The van der Waals surface area contributed by atoms with Gasteiger partial charge in [0.1, 0.15) is 5.75 Å². The number of ether oxygens (including phenoxy) is 1. The summed E-state index contributed by atoms with van der Waals surface area (Å²) in [7, 11) is 0. The first-order valence-corrected chi connectivity index (χ1v) is 8.56. The molecule has 2 aromatic rings. The van der Waals surface area contributed by atoms with Gasteiger partial charge in [-0.05, 0) is 31.0 Å². The minimum Gasteiger partial charge on any atom is -0.410 e. The van der Waals surface area contributed by atoms with E-state index in [-0.39, 0.29) is 12.1 Å². The molecule has 4 nitrogen and oxygen atoms in total. The predicted octanol–water partition coefficient (Wildman–Crippen LogP) is 3.78. The van der Waals surface area contributed by atoms with Crippen LogP contribution >= 0.6 is 0 Å². The van der Waals surface area contributed by atoms with Crippen molar-refractivity contribution in [3.8, 4) is 5.75 Å². The number of nitrogens with zero attached hydrogens (tertiary/aromatic N) is 2. The minimum absolute atomic E-state index is 0.218. The zero-order valence-corrected chi connectivity index (χ0v) is 14.1. The van der Waals surface area contributed by atoms with E-state index in [2.05, 4.69) is 29.2 Å². The average Bonchev–Trinajstić information content (AvgIpc) is 3.05. The van der Waals surface area contributed by atoms with Crippen LogP contribution in [0.1, 0.15) is 18.9 Å². The Morgan fingerprint density at radius 3 is 2.46 bits per heavy atom. The molecule has 24 heavy (non-hydrogen) atoms. The second-order valence-corrected chi connectivity index (χ2v) is 6.13. The van der Waals surface area contributed by atoms with Crippen molar-refractivity contribution in [2.75, 3.05) is 19.6 Å². The van der Waals surface area contributed by atoms with Gasteiger partial charge in [0.2, 0.25) is 0 Å². The van der Waals surface area contributed by atoms with Gasteiger partial charge in [-0.2, -0.15) is 0 Å². The molecule has 0 N–H and O–H groups in total. The number of amides is 1. The Morgan fingerprint density at radius 1 is 1.12 bits per heavy atom. The molecule has 0 bridgehead atoms. The van der Waals surface area contributed by atoms with Crippen LogP contribution in [0.2, 0.25) is 0 Å². The monoisotopic (exact) mass is 324 g/mol. The van der Waals surface area contributed by atoms with Crippen LogP contribution in [0.15, 0.2) is 60.7 Å². The standard InChI is InChI=1S/C20H24N2O2/c1-2-22(20(23)24-19-11-7-4-8-12-19)18-13-14-21(16-18)15-17-9-5-3-6-10-17/h3-12,18H,2,13-16H2,1H3. The smallest absolute Gasteiger partial charge is 0.410 e. The van der Waals surface area contributed by atoms with Crippen molar-refractivity contribution in [1.29, 1.82) is 0 Å². The van der Waals surface area contributed by atoms with Crippen LogP contribution in [0.25, 0.3) is 0 Å². The molecule has 0 spiro atoms. The third-order valence-corrected chi connectivity index (χ3v) is 4.46. The molecule has 1 saturated heterocycles. The second kappa shape index (κ2) is 7.97. The fourth-order valence-corrected chi connectivity index (χ4v) is 3.24. The number of hydrogen-bond acceptors (Lipinski definition) is 3. The van der Waals surface area contributed by atoms with Crippen molar-refractivity contribution in [1.82, 2.24) is 9.80 Å². The largest absolute Gasteiger partial charge is 0.415 e. The fraction of sp³-hybridized carbons (Fsp3) is 0.350. The zero-order valence-electron chi connectivity index (χ0n) is 14.1. The van der Waals surface area contributed by atoms with E-state index in [9.17, 15) is 4.79 Å². The van der Waals surface area contributed by atoms with Crippen molar-refractivity contribution >= 4 is 6.09 Å². The van der Waals surface area contributed by atoms with Gasteiger partial charge in [-0.15, -0.1) is 0 Å². The predicted molar refractivity (Wildman–Crippen MR) is 95.0 cm³/mol. The Labute approximate surface area is 143 Å². The molecule has 0 aliphatic carbocycles. The molecule has 0 aromatic heterocycles. The Morgan fingerprint density at radius 2 is 1.79 bits per heavy atom. The molecule has 1 aliphatic heterocycles. The summed E-state index contributed by atoms with van der Waals surface area (Å²) in [5.74, 6) is 0.597. The van der Waals surface area contributed by atoms with Gasteiger partial charge in [-0.3, -0.25) is 4.90 Å². The number of para-hydroxylation sites is 1. The van der Waals surface area contributed by atoms with Gasteiger partial charge >= 0.3 is 6.09 Å². The highest BCUT2D eigenvalue weighted by Crippen LogP contribution is 2.20.